The molecule has 0 saturated heterocycles. The van der Waals surface area contributed by atoms with E-state index in [-0.39, 0.29) is 5.78 Å². The number of hydrogen-bond donors (Lipinski definition) is 0. The van der Waals surface area contributed by atoms with Crippen molar-refractivity contribution in [1.29, 1.82) is 0 Å². The number of Topliss-reactive ketones (excluding diaryl/α,β-unsaturated/α-hetero) is 1. The van der Waals surface area contributed by atoms with E-state index in [1.165, 1.54) is 0 Å². The van der Waals surface area contributed by atoms with Crippen LogP contribution < -0.4 is 4.74 Å². The van der Waals surface area contributed by atoms with Gasteiger partial charge in [-0.1, -0.05) is 49.4 Å². The molecule has 2 nitrogen and oxygen atoms in total. The topological polar surface area (TPSA) is 26.3 Å². The number of hydrogen-bond acceptors (Lipinski definition) is 2. The quantitative estimate of drug-likeness (QED) is 0.754. The van der Waals surface area contributed by atoms with Gasteiger partial charge in [-0.25, -0.2) is 0 Å². The predicted octanol–water partition coefficient (Wildman–Crippen LogP) is 4.34. The first kappa shape index (κ1) is 14.3. The van der Waals surface area contributed by atoms with E-state index in [4.69, 9.17) is 4.74 Å². The normalized spacial score (nSPS) is 11.9. The van der Waals surface area contributed by atoms with E-state index in [2.05, 4.69) is 0 Å². The summed E-state index contributed by atoms with van der Waals surface area (Å²) in [4.78, 5) is 12.5. The smallest absolute Gasteiger partial charge is 0.203 e. The number of carbonyl (C=O) groups is 1. The standard InChI is InChI=1S/C18H20O2/c1-4-16(18(19)15-8-6-5-7-9-15)20-17-12-13(2)10-11-14(17)3/h5-12,16H,4H2,1-3H3. The second-order valence-corrected chi connectivity index (χ2v) is 5.01. The van der Waals surface area contributed by atoms with Crippen LogP contribution in [0.15, 0.2) is 48.5 Å². The van der Waals surface area contributed by atoms with Crippen molar-refractivity contribution in [3.8, 4) is 5.75 Å². The molecule has 0 aliphatic carbocycles. The van der Waals surface area contributed by atoms with E-state index in [1.807, 2.05) is 69.3 Å². The van der Waals surface area contributed by atoms with Gasteiger partial charge in [0.05, 0.1) is 0 Å². The maximum Gasteiger partial charge on any atom is 0.203 e. The van der Waals surface area contributed by atoms with Crippen LogP contribution >= 0.6 is 0 Å². The fourth-order valence-corrected chi connectivity index (χ4v) is 2.10. The van der Waals surface area contributed by atoms with E-state index in [0.717, 1.165) is 16.9 Å². The van der Waals surface area contributed by atoms with Gasteiger partial charge >= 0.3 is 0 Å². The third-order valence-electron chi connectivity index (χ3n) is 3.33. The molecule has 2 aromatic carbocycles. The summed E-state index contributed by atoms with van der Waals surface area (Å²) in [7, 11) is 0. The molecule has 0 heterocycles. The molecule has 0 radical (unpaired) electrons. The van der Waals surface area contributed by atoms with Crippen LogP contribution in [0.1, 0.15) is 34.8 Å². The molecule has 2 aromatic rings. The van der Waals surface area contributed by atoms with E-state index in [9.17, 15) is 4.79 Å². The summed E-state index contributed by atoms with van der Waals surface area (Å²) in [5, 5.41) is 0. The summed E-state index contributed by atoms with van der Waals surface area (Å²) in [6.45, 7) is 5.98. The minimum Gasteiger partial charge on any atom is -0.482 e. The summed E-state index contributed by atoms with van der Waals surface area (Å²) >= 11 is 0. The lowest BCUT2D eigenvalue weighted by Crippen LogP contribution is -2.27. The zero-order valence-electron chi connectivity index (χ0n) is 12.2. The zero-order valence-corrected chi connectivity index (χ0v) is 12.2. The Morgan fingerprint density at radius 1 is 1.10 bits per heavy atom. The molecular weight excluding hydrogens is 248 g/mol. The maximum atomic E-state index is 12.5. The highest BCUT2D eigenvalue weighted by Crippen LogP contribution is 2.22. The fourth-order valence-electron chi connectivity index (χ4n) is 2.10. The number of benzene rings is 2. The third kappa shape index (κ3) is 3.27. The van der Waals surface area contributed by atoms with E-state index >= 15 is 0 Å². The highest BCUT2D eigenvalue weighted by Gasteiger charge is 2.20. The van der Waals surface area contributed by atoms with Crippen LogP contribution in [0, 0.1) is 13.8 Å². The lowest BCUT2D eigenvalue weighted by atomic mass is 10.0. The number of ketones is 1. The van der Waals surface area contributed by atoms with Gasteiger partial charge < -0.3 is 4.74 Å². The summed E-state index contributed by atoms with van der Waals surface area (Å²) in [5.41, 5.74) is 2.88. The average molecular weight is 268 g/mol. The first-order valence-electron chi connectivity index (χ1n) is 6.95. The highest BCUT2D eigenvalue weighted by atomic mass is 16.5. The van der Waals surface area contributed by atoms with Crippen molar-refractivity contribution in [2.24, 2.45) is 0 Å². The van der Waals surface area contributed by atoms with Crippen LogP contribution in [-0.2, 0) is 0 Å². The van der Waals surface area contributed by atoms with Crippen LogP contribution in [-0.4, -0.2) is 11.9 Å². The van der Waals surface area contributed by atoms with Crippen molar-refractivity contribution < 1.29 is 9.53 Å². The Morgan fingerprint density at radius 2 is 1.80 bits per heavy atom. The minimum absolute atomic E-state index is 0.0361. The molecule has 1 unspecified atom stereocenters. The molecule has 1 atom stereocenters. The van der Waals surface area contributed by atoms with Gasteiger partial charge in [0.2, 0.25) is 5.78 Å². The molecular formula is C18H20O2. The third-order valence-corrected chi connectivity index (χ3v) is 3.33. The molecule has 104 valence electrons. The molecule has 20 heavy (non-hydrogen) atoms. The van der Waals surface area contributed by atoms with Crippen molar-refractivity contribution in [2.45, 2.75) is 33.3 Å². The number of rotatable bonds is 5. The number of ether oxygens (including phenoxy) is 1. The Bertz CT molecular complexity index is 588. The summed E-state index contributed by atoms with van der Waals surface area (Å²) in [6.07, 6.45) is 0.221. The predicted molar refractivity (Wildman–Crippen MR) is 81.4 cm³/mol. The van der Waals surface area contributed by atoms with Crippen LogP contribution in [0.5, 0.6) is 5.75 Å². The Morgan fingerprint density at radius 3 is 2.45 bits per heavy atom. The average Bonchev–Trinajstić information content (AvgIpc) is 2.48. The first-order chi connectivity index (χ1) is 9.61. The second kappa shape index (κ2) is 6.38. The van der Waals surface area contributed by atoms with Crippen molar-refractivity contribution in [3.63, 3.8) is 0 Å². The molecule has 0 amide bonds. The molecule has 0 fully saturated rings. The lowest BCUT2D eigenvalue weighted by Gasteiger charge is -2.18. The van der Waals surface area contributed by atoms with Crippen molar-refractivity contribution in [2.75, 3.05) is 0 Å². The van der Waals surface area contributed by atoms with Gasteiger partial charge in [-0.2, -0.15) is 0 Å². The van der Waals surface area contributed by atoms with Crippen molar-refractivity contribution in [3.05, 3.63) is 65.2 Å². The van der Waals surface area contributed by atoms with Crippen LogP contribution in [0.25, 0.3) is 0 Å². The van der Waals surface area contributed by atoms with Crippen molar-refractivity contribution >= 4 is 5.78 Å². The number of aryl methyl sites for hydroxylation is 2. The Kier molecular flexibility index (Phi) is 4.57. The molecule has 0 aromatic heterocycles. The van der Waals surface area contributed by atoms with Gasteiger partial charge in [0, 0.05) is 5.56 Å². The molecule has 2 heteroatoms. The van der Waals surface area contributed by atoms with E-state index < -0.39 is 6.10 Å². The molecule has 2 rings (SSSR count). The van der Waals surface area contributed by atoms with Crippen LogP contribution in [0.4, 0.5) is 0 Å². The molecule has 0 bridgehead atoms. The van der Waals surface area contributed by atoms with Gasteiger partial charge in [-0.3, -0.25) is 4.79 Å². The van der Waals surface area contributed by atoms with Crippen LogP contribution in [0.3, 0.4) is 0 Å². The van der Waals surface area contributed by atoms with Gasteiger partial charge in [-0.05, 0) is 37.5 Å². The van der Waals surface area contributed by atoms with E-state index in [0.29, 0.717) is 12.0 Å². The van der Waals surface area contributed by atoms with Gasteiger partial charge in [-0.15, -0.1) is 0 Å². The minimum atomic E-state index is -0.433. The van der Waals surface area contributed by atoms with Crippen LogP contribution in [0.2, 0.25) is 0 Å². The Balaban J connectivity index is 2.21. The summed E-state index contributed by atoms with van der Waals surface area (Å²) in [6, 6.07) is 15.4. The fraction of sp³-hybridized carbons (Fsp3) is 0.278. The molecule has 0 spiro atoms. The first-order valence-corrected chi connectivity index (χ1v) is 6.95. The molecule has 0 N–H and O–H groups in total. The van der Waals surface area contributed by atoms with Crippen molar-refractivity contribution in [1.82, 2.24) is 0 Å². The zero-order chi connectivity index (χ0) is 14.5. The Labute approximate surface area is 120 Å². The highest BCUT2D eigenvalue weighted by molar-refractivity contribution is 5.99. The molecule has 0 aliphatic rings. The van der Waals surface area contributed by atoms with Gasteiger partial charge in [0.15, 0.2) is 6.10 Å². The SMILES string of the molecule is CCC(Oc1cc(C)ccc1C)C(=O)c1ccccc1. The summed E-state index contributed by atoms with van der Waals surface area (Å²) < 4.78 is 5.94. The largest absolute Gasteiger partial charge is 0.482 e. The molecule has 0 saturated carbocycles. The monoisotopic (exact) mass is 268 g/mol. The van der Waals surface area contributed by atoms with Gasteiger partial charge in [0.25, 0.3) is 0 Å². The molecule has 0 aliphatic heterocycles. The Hall–Kier alpha value is -2.09. The maximum absolute atomic E-state index is 12.5. The van der Waals surface area contributed by atoms with Gasteiger partial charge in [0.1, 0.15) is 5.75 Å². The van der Waals surface area contributed by atoms with E-state index in [1.54, 1.807) is 0 Å². The second-order valence-electron chi connectivity index (χ2n) is 5.01. The lowest BCUT2D eigenvalue weighted by molar-refractivity contribution is 0.0785. The summed E-state index contributed by atoms with van der Waals surface area (Å²) in [5.74, 6) is 0.829. The number of carbonyl (C=O) groups excluding carboxylic acids is 1.